The van der Waals surface area contributed by atoms with Gasteiger partial charge in [0.2, 0.25) is 0 Å². The highest BCUT2D eigenvalue weighted by molar-refractivity contribution is 7.20. The molecule has 0 saturated heterocycles. The summed E-state index contributed by atoms with van der Waals surface area (Å²) in [4.78, 5) is 35.2. The van der Waals surface area contributed by atoms with E-state index >= 15 is 0 Å². The summed E-state index contributed by atoms with van der Waals surface area (Å²) in [6.07, 6.45) is 5.79. The largest absolute Gasteiger partial charge is 0.338 e. The van der Waals surface area contributed by atoms with Crippen LogP contribution in [-0.4, -0.2) is 33.9 Å². The lowest BCUT2D eigenvalue weighted by molar-refractivity contribution is 0.0700. The molecule has 0 radical (unpaired) electrons. The van der Waals surface area contributed by atoms with Gasteiger partial charge in [-0.1, -0.05) is 19.3 Å². The second-order valence-corrected chi connectivity index (χ2v) is 7.09. The van der Waals surface area contributed by atoms with Crippen LogP contribution in [0.25, 0.3) is 10.2 Å². The van der Waals surface area contributed by atoms with Gasteiger partial charge in [0, 0.05) is 13.1 Å². The molecule has 1 aliphatic rings. The fourth-order valence-corrected chi connectivity index (χ4v) is 4.46. The summed E-state index contributed by atoms with van der Waals surface area (Å²) in [5.41, 5.74) is 0.594. The second kappa shape index (κ2) is 5.83. The highest BCUT2D eigenvalue weighted by atomic mass is 32.1. The van der Waals surface area contributed by atoms with Crippen molar-refractivity contribution >= 4 is 27.5 Å². The molecule has 1 N–H and O–H groups in total. The van der Waals surface area contributed by atoms with Gasteiger partial charge in [-0.3, -0.25) is 9.59 Å². The molecule has 0 unspecified atom stereocenters. The summed E-state index contributed by atoms with van der Waals surface area (Å²) >= 11 is 1.33. The molecular weight excluding hydrogens is 298 g/mol. The van der Waals surface area contributed by atoms with Crippen LogP contribution in [0.2, 0.25) is 0 Å². The Hall–Kier alpha value is -1.69. The minimum atomic E-state index is -0.157. The molecule has 1 fully saturated rings. The number of aryl methyl sites for hydroxylation is 2. The Bertz CT molecular complexity index is 772. The number of aromatic nitrogens is 2. The number of hydrogen-bond acceptors (Lipinski definition) is 4. The third-order valence-electron chi connectivity index (χ3n) is 4.56. The molecular formula is C16H21N3O2S. The third-order valence-corrected chi connectivity index (χ3v) is 5.73. The number of carbonyl (C=O) groups is 1. The van der Waals surface area contributed by atoms with E-state index in [4.69, 9.17) is 0 Å². The molecule has 1 saturated carbocycles. The van der Waals surface area contributed by atoms with Crippen molar-refractivity contribution in [2.75, 3.05) is 7.05 Å². The first-order valence-electron chi connectivity index (χ1n) is 7.76. The topological polar surface area (TPSA) is 66.1 Å². The number of fused-ring (bicyclic) bond motifs is 1. The van der Waals surface area contributed by atoms with Crippen LogP contribution < -0.4 is 5.56 Å². The van der Waals surface area contributed by atoms with Crippen LogP contribution in [0.5, 0.6) is 0 Å². The van der Waals surface area contributed by atoms with Gasteiger partial charge in [-0.05, 0) is 32.3 Å². The second-order valence-electron chi connectivity index (χ2n) is 6.10. The van der Waals surface area contributed by atoms with Crippen molar-refractivity contribution in [2.45, 2.75) is 52.0 Å². The number of carbonyl (C=O) groups excluding carboxylic acids is 1. The summed E-state index contributed by atoms with van der Waals surface area (Å²) in [5, 5.41) is 0.552. The van der Waals surface area contributed by atoms with Crippen LogP contribution in [-0.2, 0) is 0 Å². The number of amides is 1. The van der Waals surface area contributed by atoms with Crippen molar-refractivity contribution in [1.82, 2.24) is 14.9 Å². The predicted octanol–water partition coefficient (Wildman–Crippen LogP) is 3.01. The van der Waals surface area contributed by atoms with Gasteiger partial charge >= 0.3 is 0 Å². The van der Waals surface area contributed by atoms with Crippen LogP contribution in [0.4, 0.5) is 0 Å². The third kappa shape index (κ3) is 2.56. The first-order valence-corrected chi connectivity index (χ1v) is 8.58. The van der Waals surface area contributed by atoms with E-state index < -0.39 is 0 Å². The number of H-pyrrole nitrogens is 1. The number of thiophene rings is 1. The Kier molecular flexibility index (Phi) is 4.04. The van der Waals surface area contributed by atoms with E-state index in [-0.39, 0.29) is 11.5 Å². The molecule has 2 aromatic heterocycles. The van der Waals surface area contributed by atoms with E-state index in [2.05, 4.69) is 9.97 Å². The number of aromatic amines is 1. The lowest BCUT2D eigenvalue weighted by Gasteiger charge is -2.31. The molecule has 118 valence electrons. The van der Waals surface area contributed by atoms with Crippen LogP contribution in [0.15, 0.2) is 4.79 Å². The first-order chi connectivity index (χ1) is 10.5. The van der Waals surface area contributed by atoms with Gasteiger partial charge in [0.1, 0.15) is 10.7 Å². The minimum absolute atomic E-state index is 0.0180. The van der Waals surface area contributed by atoms with Crippen molar-refractivity contribution in [2.24, 2.45) is 0 Å². The van der Waals surface area contributed by atoms with E-state index in [9.17, 15) is 9.59 Å². The van der Waals surface area contributed by atoms with E-state index in [1.165, 1.54) is 30.6 Å². The molecule has 2 heterocycles. The minimum Gasteiger partial charge on any atom is -0.338 e. The lowest BCUT2D eigenvalue weighted by Crippen LogP contribution is -2.38. The van der Waals surface area contributed by atoms with Gasteiger partial charge in [-0.2, -0.15) is 0 Å². The molecule has 0 bridgehead atoms. The van der Waals surface area contributed by atoms with E-state index in [1.54, 1.807) is 6.92 Å². The van der Waals surface area contributed by atoms with Crippen LogP contribution in [0, 0.1) is 13.8 Å². The van der Waals surface area contributed by atoms with E-state index in [0.717, 1.165) is 18.4 Å². The zero-order chi connectivity index (χ0) is 15.9. The molecule has 22 heavy (non-hydrogen) atoms. The maximum Gasteiger partial charge on any atom is 0.264 e. The number of nitrogens with one attached hydrogen (secondary N) is 1. The Morgan fingerprint density at radius 1 is 1.27 bits per heavy atom. The molecule has 3 rings (SSSR count). The first kappa shape index (κ1) is 15.2. The Morgan fingerprint density at radius 2 is 1.95 bits per heavy atom. The highest BCUT2D eigenvalue weighted by Gasteiger charge is 2.26. The molecule has 2 aromatic rings. The molecule has 0 spiro atoms. The summed E-state index contributed by atoms with van der Waals surface area (Å²) in [7, 11) is 1.88. The molecule has 0 aromatic carbocycles. The highest BCUT2D eigenvalue weighted by Crippen LogP contribution is 2.30. The van der Waals surface area contributed by atoms with E-state index in [0.29, 0.717) is 27.0 Å². The number of hydrogen-bond donors (Lipinski definition) is 1. The molecule has 5 nitrogen and oxygen atoms in total. The maximum absolute atomic E-state index is 12.8. The maximum atomic E-state index is 12.8. The summed E-state index contributed by atoms with van der Waals surface area (Å²) in [6, 6.07) is 0.318. The Balaban J connectivity index is 1.99. The average molecular weight is 319 g/mol. The van der Waals surface area contributed by atoms with Gasteiger partial charge in [0.15, 0.2) is 0 Å². The van der Waals surface area contributed by atoms with Crippen LogP contribution >= 0.6 is 11.3 Å². The molecule has 1 aliphatic carbocycles. The van der Waals surface area contributed by atoms with Gasteiger partial charge in [-0.25, -0.2) is 4.98 Å². The van der Waals surface area contributed by atoms with Crippen molar-refractivity contribution in [3.05, 3.63) is 26.6 Å². The fraction of sp³-hybridized carbons (Fsp3) is 0.562. The van der Waals surface area contributed by atoms with Gasteiger partial charge < -0.3 is 9.88 Å². The van der Waals surface area contributed by atoms with Crippen LogP contribution in [0.1, 0.15) is 53.2 Å². The van der Waals surface area contributed by atoms with Crippen molar-refractivity contribution in [3.63, 3.8) is 0 Å². The normalized spacial score (nSPS) is 16.1. The molecule has 1 amide bonds. The zero-order valence-corrected chi connectivity index (χ0v) is 14.0. The van der Waals surface area contributed by atoms with Crippen molar-refractivity contribution in [3.8, 4) is 0 Å². The molecule has 0 aliphatic heterocycles. The van der Waals surface area contributed by atoms with Crippen molar-refractivity contribution < 1.29 is 4.79 Å². The van der Waals surface area contributed by atoms with Crippen molar-refractivity contribution in [1.29, 1.82) is 0 Å². The van der Waals surface area contributed by atoms with Gasteiger partial charge in [-0.15, -0.1) is 11.3 Å². The smallest absolute Gasteiger partial charge is 0.264 e. The Morgan fingerprint density at radius 3 is 2.64 bits per heavy atom. The van der Waals surface area contributed by atoms with E-state index in [1.807, 2.05) is 18.9 Å². The fourth-order valence-electron chi connectivity index (χ4n) is 3.25. The summed E-state index contributed by atoms with van der Waals surface area (Å²) < 4.78 is 0. The molecule has 6 heteroatoms. The Labute approximate surface area is 133 Å². The molecule has 0 atom stereocenters. The standard InChI is InChI=1S/C16H21N3O2S/c1-9-12-14(20)17-10(2)18-15(12)22-13(9)16(21)19(3)11-7-5-4-6-8-11/h11H,4-8H2,1-3H3,(H,17,18,20). The SMILES string of the molecule is Cc1nc2sc(C(=O)N(C)C3CCCCC3)c(C)c2c(=O)[nH]1. The monoisotopic (exact) mass is 319 g/mol. The summed E-state index contributed by atoms with van der Waals surface area (Å²) in [5.74, 6) is 0.600. The lowest BCUT2D eigenvalue weighted by atomic mass is 9.94. The van der Waals surface area contributed by atoms with Gasteiger partial charge in [0.05, 0.1) is 10.3 Å². The zero-order valence-electron chi connectivity index (χ0n) is 13.2. The van der Waals surface area contributed by atoms with Gasteiger partial charge in [0.25, 0.3) is 11.5 Å². The summed E-state index contributed by atoms with van der Waals surface area (Å²) in [6.45, 7) is 3.60. The quantitative estimate of drug-likeness (QED) is 0.925. The number of nitrogens with zero attached hydrogens (tertiary/aromatic N) is 2. The average Bonchev–Trinajstić information content (AvgIpc) is 2.83. The number of rotatable bonds is 2. The predicted molar refractivity (Wildman–Crippen MR) is 88.7 cm³/mol. The van der Waals surface area contributed by atoms with Crippen LogP contribution in [0.3, 0.4) is 0 Å².